The van der Waals surface area contributed by atoms with E-state index in [1.165, 1.54) is 0 Å². The van der Waals surface area contributed by atoms with Gasteiger partial charge in [0.1, 0.15) is 5.69 Å². The molecular weight excluding hydrogens is 240 g/mol. The highest BCUT2D eigenvalue weighted by Gasteiger charge is 2.18. The molecule has 96 valence electrons. The van der Waals surface area contributed by atoms with E-state index in [1.807, 2.05) is 20.8 Å². The molecule has 17 heavy (non-hydrogen) atoms. The number of aliphatic hydroxyl groups excluding tert-OH is 1. The van der Waals surface area contributed by atoms with Gasteiger partial charge in [-0.3, -0.25) is 4.79 Å². The third-order valence-corrected chi connectivity index (χ3v) is 2.96. The zero-order valence-corrected chi connectivity index (χ0v) is 11.2. The Hall–Kier alpha value is -1.00. The number of hydrogen-bond donors (Lipinski definition) is 2. The minimum atomic E-state index is -0.235. The third-order valence-electron chi connectivity index (χ3n) is 2.75. The molecule has 0 aliphatic carbocycles. The van der Waals surface area contributed by atoms with E-state index in [2.05, 4.69) is 5.32 Å². The highest BCUT2D eigenvalue weighted by atomic mass is 35.5. The van der Waals surface area contributed by atoms with Crippen LogP contribution in [-0.4, -0.2) is 28.2 Å². The van der Waals surface area contributed by atoms with Crippen molar-refractivity contribution in [3.8, 4) is 0 Å². The van der Waals surface area contributed by atoms with E-state index in [0.717, 1.165) is 0 Å². The van der Waals surface area contributed by atoms with Crippen LogP contribution in [0.4, 0.5) is 0 Å². The number of aliphatic hydroxyl groups is 1. The first kappa shape index (κ1) is 14.1. The summed E-state index contributed by atoms with van der Waals surface area (Å²) in [5.41, 5.74) is 0.525. The molecule has 1 rings (SSSR count). The number of halogens is 1. The van der Waals surface area contributed by atoms with Gasteiger partial charge >= 0.3 is 0 Å². The Morgan fingerprint density at radius 3 is 2.71 bits per heavy atom. The summed E-state index contributed by atoms with van der Waals surface area (Å²) in [5.74, 6) is -0.0176. The molecule has 0 bridgehead atoms. The monoisotopic (exact) mass is 258 g/mol. The smallest absolute Gasteiger partial charge is 0.268 e. The number of nitrogens with one attached hydrogen (secondary N) is 1. The average Bonchev–Trinajstić information content (AvgIpc) is 2.66. The number of rotatable bonds is 5. The van der Waals surface area contributed by atoms with Crippen LogP contribution in [0.3, 0.4) is 0 Å². The van der Waals surface area contributed by atoms with Crippen LogP contribution in [0.5, 0.6) is 0 Å². The predicted octanol–water partition coefficient (Wildman–Crippen LogP) is 1.91. The lowest BCUT2D eigenvalue weighted by atomic mass is 10.1. The Bertz CT molecular complexity index is 388. The molecule has 0 aromatic carbocycles. The van der Waals surface area contributed by atoms with E-state index in [1.54, 1.807) is 16.8 Å². The molecule has 0 aliphatic rings. The summed E-state index contributed by atoms with van der Waals surface area (Å²) in [6, 6.07) is 1.40. The first-order chi connectivity index (χ1) is 7.99. The van der Waals surface area contributed by atoms with Crippen molar-refractivity contribution in [1.82, 2.24) is 9.88 Å². The van der Waals surface area contributed by atoms with Crippen molar-refractivity contribution in [2.75, 3.05) is 6.61 Å². The second-order valence-electron chi connectivity index (χ2n) is 4.34. The van der Waals surface area contributed by atoms with Gasteiger partial charge in [-0.25, -0.2) is 0 Å². The summed E-state index contributed by atoms with van der Waals surface area (Å²) >= 11 is 5.87. The number of hydrogen-bond acceptors (Lipinski definition) is 2. The zero-order valence-electron chi connectivity index (χ0n) is 10.4. The van der Waals surface area contributed by atoms with E-state index >= 15 is 0 Å². The number of carbonyl (C=O) groups excluding carboxylic acids is 1. The predicted molar refractivity (Wildman–Crippen MR) is 68.3 cm³/mol. The topological polar surface area (TPSA) is 54.3 Å². The van der Waals surface area contributed by atoms with E-state index < -0.39 is 0 Å². The highest BCUT2D eigenvalue weighted by molar-refractivity contribution is 6.31. The number of aromatic nitrogens is 1. The average molecular weight is 259 g/mol. The molecule has 1 heterocycles. The fraction of sp³-hybridized carbons (Fsp3) is 0.583. The van der Waals surface area contributed by atoms with Gasteiger partial charge in [-0.2, -0.15) is 0 Å². The molecule has 1 unspecified atom stereocenters. The number of aryl methyl sites for hydroxylation is 1. The van der Waals surface area contributed by atoms with Crippen LogP contribution in [0.1, 0.15) is 31.3 Å². The summed E-state index contributed by atoms with van der Waals surface area (Å²) in [6.45, 7) is 6.46. The van der Waals surface area contributed by atoms with Crippen molar-refractivity contribution in [2.24, 2.45) is 5.92 Å². The van der Waals surface area contributed by atoms with E-state index in [-0.39, 0.29) is 24.5 Å². The maximum Gasteiger partial charge on any atom is 0.268 e. The minimum absolute atomic E-state index is 0.0655. The van der Waals surface area contributed by atoms with Crippen LogP contribution >= 0.6 is 11.6 Å². The maximum atomic E-state index is 12.0. The molecule has 1 aromatic rings. The first-order valence-corrected chi connectivity index (χ1v) is 6.14. The fourth-order valence-corrected chi connectivity index (χ4v) is 1.81. The molecule has 0 spiro atoms. The van der Waals surface area contributed by atoms with Crippen LogP contribution < -0.4 is 5.32 Å². The van der Waals surface area contributed by atoms with Crippen LogP contribution in [0.2, 0.25) is 5.02 Å². The van der Waals surface area contributed by atoms with Crippen molar-refractivity contribution < 1.29 is 9.90 Å². The van der Waals surface area contributed by atoms with Crippen LogP contribution in [-0.2, 0) is 6.54 Å². The SMILES string of the molecule is CCn1cc(Cl)cc1C(=O)NC(CO)C(C)C. The molecule has 2 N–H and O–H groups in total. The molecule has 5 heteroatoms. The Morgan fingerprint density at radius 1 is 1.59 bits per heavy atom. The zero-order chi connectivity index (χ0) is 13.0. The van der Waals surface area contributed by atoms with Crippen molar-refractivity contribution in [1.29, 1.82) is 0 Å². The molecule has 4 nitrogen and oxygen atoms in total. The standard InChI is InChI=1S/C12H19ClN2O2/c1-4-15-6-9(13)5-11(15)12(17)14-10(7-16)8(2)3/h5-6,8,10,16H,4,7H2,1-3H3,(H,14,17). The Balaban J connectivity index is 2.81. The fourth-order valence-electron chi connectivity index (χ4n) is 1.59. The molecule has 0 saturated heterocycles. The molecule has 0 saturated carbocycles. The van der Waals surface area contributed by atoms with Crippen LogP contribution in [0.25, 0.3) is 0 Å². The molecule has 1 atom stereocenters. The third kappa shape index (κ3) is 3.48. The van der Waals surface area contributed by atoms with Gasteiger partial charge in [0.2, 0.25) is 0 Å². The van der Waals surface area contributed by atoms with Crippen molar-refractivity contribution in [2.45, 2.75) is 33.4 Å². The Kier molecular flexibility index (Phi) is 5.02. The lowest BCUT2D eigenvalue weighted by Gasteiger charge is -2.20. The second-order valence-corrected chi connectivity index (χ2v) is 4.77. The van der Waals surface area contributed by atoms with E-state index in [0.29, 0.717) is 17.3 Å². The highest BCUT2D eigenvalue weighted by Crippen LogP contribution is 2.14. The lowest BCUT2D eigenvalue weighted by Crippen LogP contribution is -2.41. The van der Waals surface area contributed by atoms with Crippen molar-refractivity contribution in [3.05, 3.63) is 23.0 Å². The number of amides is 1. The van der Waals surface area contributed by atoms with Crippen LogP contribution in [0, 0.1) is 5.92 Å². The van der Waals surface area contributed by atoms with Crippen molar-refractivity contribution >= 4 is 17.5 Å². The minimum Gasteiger partial charge on any atom is -0.394 e. The molecular formula is C12H19ClN2O2. The van der Waals surface area contributed by atoms with E-state index in [9.17, 15) is 9.90 Å². The molecule has 1 amide bonds. The Labute approximate surface area is 107 Å². The van der Waals surface area contributed by atoms with Gasteiger partial charge in [0.15, 0.2) is 0 Å². The molecule has 1 aromatic heterocycles. The van der Waals surface area contributed by atoms with Gasteiger partial charge in [0, 0.05) is 12.7 Å². The van der Waals surface area contributed by atoms with Gasteiger partial charge in [0.05, 0.1) is 17.7 Å². The van der Waals surface area contributed by atoms with Gasteiger partial charge in [-0.05, 0) is 18.9 Å². The number of nitrogens with zero attached hydrogens (tertiary/aromatic N) is 1. The summed E-state index contributed by atoms with van der Waals surface area (Å²) in [7, 11) is 0. The second kappa shape index (κ2) is 6.07. The van der Waals surface area contributed by atoms with Gasteiger partial charge in [-0.1, -0.05) is 25.4 Å². The summed E-state index contributed by atoms with van der Waals surface area (Å²) in [4.78, 5) is 12.0. The van der Waals surface area contributed by atoms with E-state index in [4.69, 9.17) is 11.6 Å². The molecule has 0 radical (unpaired) electrons. The molecule has 0 fully saturated rings. The largest absolute Gasteiger partial charge is 0.394 e. The quantitative estimate of drug-likeness (QED) is 0.848. The van der Waals surface area contributed by atoms with Crippen molar-refractivity contribution in [3.63, 3.8) is 0 Å². The summed E-state index contributed by atoms with van der Waals surface area (Å²) in [5, 5.41) is 12.5. The summed E-state index contributed by atoms with van der Waals surface area (Å²) < 4.78 is 1.78. The van der Waals surface area contributed by atoms with Crippen LogP contribution in [0.15, 0.2) is 12.3 Å². The molecule has 0 aliphatic heterocycles. The number of carbonyl (C=O) groups is 1. The lowest BCUT2D eigenvalue weighted by molar-refractivity contribution is 0.0887. The van der Waals surface area contributed by atoms with Gasteiger partial charge in [-0.15, -0.1) is 0 Å². The first-order valence-electron chi connectivity index (χ1n) is 5.77. The summed E-state index contributed by atoms with van der Waals surface area (Å²) in [6.07, 6.45) is 1.72. The Morgan fingerprint density at radius 2 is 2.24 bits per heavy atom. The normalized spacial score (nSPS) is 12.8. The maximum absolute atomic E-state index is 12.0. The van der Waals surface area contributed by atoms with Gasteiger partial charge in [0.25, 0.3) is 5.91 Å². The van der Waals surface area contributed by atoms with Gasteiger partial charge < -0.3 is 15.0 Å².